The Kier molecular flexibility index (Phi) is 4.23. The van der Waals surface area contributed by atoms with Gasteiger partial charge in [-0.1, -0.05) is 6.58 Å². The minimum Gasteiger partial charge on any atom is -0.485 e. The highest BCUT2D eigenvalue weighted by molar-refractivity contribution is 5.95. The van der Waals surface area contributed by atoms with E-state index in [0.29, 0.717) is 22.8 Å². The average Bonchev–Trinajstić information content (AvgIpc) is 2.24. The molecule has 1 aromatic rings. The van der Waals surface area contributed by atoms with E-state index in [1.807, 2.05) is 0 Å². The molecule has 0 amide bonds. The Morgan fingerprint density at radius 3 is 2.76 bits per heavy atom. The van der Waals surface area contributed by atoms with Gasteiger partial charge in [0.05, 0.1) is 0 Å². The molecule has 92 valence electrons. The Morgan fingerprint density at radius 1 is 1.59 bits per heavy atom. The first kappa shape index (κ1) is 13.2. The molecule has 1 aromatic heterocycles. The fraction of sp³-hybridized carbons (Fsp3) is 0.333. The molecule has 0 radical (unpaired) electrons. The molecule has 5 heteroatoms. The number of anilines is 1. The summed E-state index contributed by atoms with van der Waals surface area (Å²) in [5, 5.41) is 0. The second-order valence-corrected chi connectivity index (χ2v) is 3.81. The molecule has 0 aliphatic rings. The summed E-state index contributed by atoms with van der Waals surface area (Å²) < 4.78 is 5.40. The summed E-state index contributed by atoms with van der Waals surface area (Å²) in [5.74, 6) is 0.700. The average molecular weight is 235 g/mol. The van der Waals surface area contributed by atoms with Crippen LogP contribution in [-0.2, 0) is 11.3 Å². The minimum atomic E-state index is -0.152. The van der Waals surface area contributed by atoms with Crippen molar-refractivity contribution < 1.29 is 9.53 Å². The lowest BCUT2D eigenvalue weighted by Gasteiger charge is -2.12. The van der Waals surface area contributed by atoms with Crippen LogP contribution in [0, 0.1) is 6.92 Å². The van der Waals surface area contributed by atoms with Crippen molar-refractivity contribution >= 4 is 11.6 Å². The molecule has 0 spiro atoms. The molecule has 0 fully saturated rings. The molecule has 0 atom stereocenters. The van der Waals surface area contributed by atoms with E-state index in [-0.39, 0.29) is 18.9 Å². The van der Waals surface area contributed by atoms with Crippen LogP contribution < -0.4 is 16.2 Å². The van der Waals surface area contributed by atoms with E-state index >= 15 is 0 Å². The van der Waals surface area contributed by atoms with Gasteiger partial charge in [-0.25, -0.2) is 4.98 Å². The summed E-state index contributed by atoms with van der Waals surface area (Å²) in [7, 11) is 0. The summed E-state index contributed by atoms with van der Waals surface area (Å²) in [4.78, 5) is 15.5. The van der Waals surface area contributed by atoms with Gasteiger partial charge in [-0.2, -0.15) is 0 Å². The maximum Gasteiger partial charge on any atom is 0.195 e. The first-order valence-electron chi connectivity index (χ1n) is 5.23. The summed E-state index contributed by atoms with van der Waals surface area (Å²) in [6.45, 7) is 7.22. The van der Waals surface area contributed by atoms with Gasteiger partial charge in [0, 0.05) is 23.9 Å². The first-order chi connectivity index (χ1) is 7.95. The molecule has 17 heavy (non-hydrogen) atoms. The van der Waals surface area contributed by atoms with Crippen molar-refractivity contribution in [3.63, 3.8) is 0 Å². The summed E-state index contributed by atoms with van der Waals surface area (Å²) >= 11 is 0. The summed E-state index contributed by atoms with van der Waals surface area (Å²) in [5.41, 5.74) is 13.1. The SMILES string of the molecule is C=C(C)C(=O)COc1cc(N)nc(C)c1CN. The fourth-order valence-electron chi connectivity index (χ4n) is 1.34. The van der Waals surface area contributed by atoms with E-state index in [2.05, 4.69) is 11.6 Å². The quantitative estimate of drug-likeness (QED) is 0.741. The van der Waals surface area contributed by atoms with Gasteiger partial charge < -0.3 is 16.2 Å². The van der Waals surface area contributed by atoms with E-state index in [1.54, 1.807) is 19.9 Å². The number of ketones is 1. The number of nitrogens with two attached hydrogens (primary N) is 2. The third-order valence-electron chi connectivity index (χ3n) is 2.35. The van der Waals surface area contributed by atoms with Gasteiger partial charge in [-0.05, 0) is 19.4 Å². The van der Waals surface area contributed by atoms with Crippen LogP contribution in [-0.4, -0.2) is 17.4 Å². The van der Waals surface area contributed by atoms with Gasteiger partial charge in [0.2, 0.25) is 0 Å². The third kappa shape index (κ3) is 3.29. The van der Waals surface area contributed by atoms with E-state index in [9.17, 15) is 4.79 Å². The monoisotopic (exact) mass is 235 g/mol. The molecule has 0 saturated carbocycles. The van der Waals surface area contributed by atoms with Crippen molar-refractivity contribution in [3.05, 3.63) is 29.5 Å². The number of hydrogen-bond acceptors (Lipinski definition) is 5. The molecule has 1 heterocycles. The summed E-state index contributed by atoms with van der Waals surface area (Å²) in [6.07, 6.45) is 0. The lowest BCUT2D eigenvalue weighted by molar-refractivity contribution is -0.117. The number of rotatable bonds is 5. The van der Waals surface area contributed by atoms with Gasteiger partial charge >= 0.3 is 0 Å². The van der Waals surface area contributed by atoms with Crippen LogP contribution in [0.25, 0.3) is 0 Å². The van der Waals surface area contributed by atoms with Gasteiger partial charge in [0.1, 0.15) is 11.6 Å². The zero-order chi connectivity index (χ0) is 13.0. The van der Waals surface area contributed by atoms with Crippen molar-refractivity contribution in [2.24, 2.45) is 5.73 Å². The van der Waals surface area contributed by atoms with Gasteiger partial charge in [0.15, 0.2) is 12.4 Å². The number of nitrogens with zero attached hydrogens (tertiary/aromatic N) is 1. The molecule has 1 rings (SSSR count). The van der Waals surface area contributed by atoms with Gasteiger partial charge in [-0.3, -0.25) is 4.79 Å². The summed E-state index contributed by atoms with van der Waals surface area (Å²) in [6, 6.07) is 1.57. The molecule has 0 aromatic carbocycles. The lowest BCUT2D eigenvalue weighted by atomic mass is 10.2. The van der Waals surface area contributed by atoms with Crippen LogP contribution in [0.1, 0.15) is 18.2 Å². The normalized spacial score (nSPS) is 10.1. The lowest BCUT2D eigenvalue weighted by Crippen LogP contribution is -2.14. The molecular formula is C12H17N3O2. The Labute approximate surface area is 100 Å². The maximum atomic E-state index is 11.4. The molecular weight excluding hydrogens is 218 g/mol. The number of Topliss-reactive ketones (excluding diaryl/α,β-unsaturated/α-hetero) is 1. The van der Waals surface area contributed by atoms with Gasteiger partial charge in [-0.15, -0.1) is 0 Å². The molecule has 0 bridgehead atoms. The fourth-order valence-corrected chi connectivity index (χ4v) is 1.34. The number of pyridine rings is 1. The highest BCUT2D eigenvalue weighted by Crippen LogP contribution is 2.23. The highest BCUT2D eigenvalue weighted by Gasteiger charge is 2.10. The molecule has 0 unspecified atom stereocenters. The van der Waals surface area contributed by atoms with E-state index in [4.69, 9.17) is 16.2 Å². The molecule has 0 aliphatic heterocycles. The zero-order valence-corrected chi connectivity index (χ0v) is 10.1. The van der Waals surface area contributed by atoms with Crippen molar-refractivity contribution in [3.8, 4) is 5.75 Å². The zero-order valence-electron chi connectivity index (χ0n) is 10.1. The second kappa shape index (κ2) is 5.45. The van der Waals surface area contributed by atoms with Gasteiger partial charge in [0.25, 0.3) is 0 Å². The van der Waals surface area contributed by atoms with Crippen molar-refractivity contribution in [1.29, 1.82) is 0 Å². The Bertz CT molecular complexity index is 455. The first-order valence-corrected chi connectivity index (χ1v) is 5.23. The van der Waals surface area contributed by atoms with Crippen molar-refractivity contribution in [1.82, 2.24) is 4.98 Å². The van der Waals surface area contributed by atoms with Crippen LogP contribution in [0.2, 0.25) is 0 Å². The molecule has 0 saturated heterocycles. The number of aryl methyl sites for hydroxylation is 1. The number of hydrogen-bond donors (Lipinski definition) is 2. The van der Waals surface area contributed by atoms with Crippen LogP contribution in [0.15, 0.2) is 18.2 Å². The highest BCUT2D eigenvalue weighted by atomic mass is 16.5. The Morgan fingerprint density at radius 2 is 2.24 bits per heavy atom. The number of carbonyl (C=O) groups excluding carboxylic acids is 1. The maximum absolute atomic E-state index is 11.4. The molecule has 4 N–H and O–H groups in total. The van der Waals surface area contributed by atoms with Crippen LogP contribution in [0.5, 0.6) is 5.75 Å². The van der Waals surface area contributed by atoms with E-state index < -0.39 is 0 Å². The van der Waals surface area contributed by atoms with Crippen LogP contribution >= 0.6 is 0 Å². The Hall–Kier alpha value is -1.88. The predicted octanol–water partition coefficient (Wildman–Crippen LogP) is 0.955. The second-order valence-electron chi connectivity index (χ2n) is 3.81. The topological polar surface area (TPSA) is 91.2 Å². The van der Waals surface area contributed by atoms with Crippen LogP contribution in [0.4, 0.5) is 5.82 Å². The predicted molar refractivity (Wildman–Crippen MR) is 66.6 cm³/mol. The van der Waals surface area contributed by atoms with E-state index in [0.717, 1.165) is 5.56 Å². The largest absolute Gasteiger partial charge is 0.485 e. The van der Waals surface area contributed by atoms with E-state index in [1.165, 1.54) is 0 Å². The molecule has 0 aliphatic carbocycles. The number of carbonyl (C=O) groups is 1. The molecule has 5 nitrogen and oxygen atoms in total. The van der Waals surface area contributed by atoms with Crippen molar-refractivity contribution in [2.75, 3.05) is 12.3 Å². The smallest absolute Gasteiger partial charge is 0.195 e. The Balaban J connectivity index is 2.90. The number of nitrogen functional groups attached to an aromatic ring is 1. The standard InChI is InChI=1S/C12H17N3O2/c1-7(2)10(16)6-17-11-4-12(14)15-8(3)9(11)5-13/h4H,1,5-6,13H2,2-3H3,(H2,14,15). The number of ether oxygens (including phenoxy) is 1. The third-order valence-corrected chi connectivity index (χ3v) is 2.35. The van der Waals surface area contributed by atoms with Crippen LogP contribution in [0.3, 0.4) is 0 Å². The minimum absolute atomic E-state index is 0.0643. The van der Waals surface area contributed by atoms with Crippen molar-refractivity contribution in [2.45, 2.75) is 20.4 Å². The number of aromatic nitrogens is 1.